The van der Waals surface area contributed by atoms with Crippen LogP contribution in [0.25, 0.3) is 17.1 Å². The summed E-state index contributed by atoms with van der Waals surface area (Å²) in [6, 6.07) is 18.1. The first-order chi connectivity index (χ1) is 9.88. The van der Waals surface area contributed by atoms with Gasteiger partial charge >= 0.3 is 0 Å². The Kier molecular flexibility index (Phi) is 3.61. The summed E-state index contributed by atoms with van der Waals surface area (Å²) in [4.78, 5) is 4.44. The fourth-order valence-electron chi connectivity index (χ4n) is 2.31. The Hall–Kier alpha value is -2.39. The molecular weight excluding hydrogens is 248 g/mol. The van der Waals surface area contributed by atoms with Gasteiger partial charge in [-0.25, -0.2) is 4.98 Å². The lowest BCUT2D eigenvalue weighted by atomic mass is 10.2. The second-order valence-electron chi connectivity index (χ2n) is 4.60. The summed E-state index contributed by atoms with van der Waals surface area (Å²) in [5.74, 6) is 0.698. The molecule has 0 fully saturated rings. The van der Waals surface area contributed by atoms with Crippen LogP contribution in [-0.4, -0.2) is 14.7 Å². The number of fused-ring (bicyclic) bond motifs is 1. The lowest BCUT2D eigenvalue weighted by molar-refractivity contribution is 0.267. The predicted molar refractivity (Wildman–Crippen MR) is 81.1 cm³/mol. The summed E-state index contributed by atoms with van der Waals surface area (Å²) < 4.78 is 2.04. The SMILES string of the molecule is OCc1nc2ccccc2n1C/C=C\c1ccccc1. The van der Waals surface area contributed by atoms with Gasteiger partial charge < -0.3 is 9.67 Å². The van der Waals surface area contributed by atoms with Crippen LogP contribution < -0.4 is 0 Å². The number of para-hydroxylation sites is 2. The van der Waals surface area contributed by atoms with Crippen molar-refractivity contribution in [1.29, 1.82) is 0 Å². The standard InChI is InChI=1S/C17H16N2O/c20-13-17-18-15-10-4-5-11-16(15)19(17)12-6-9-14-7-2-1-3-8-14/h1-11,20H,12-13H2/b9-6-. The molecule has 0 unspecified atom stereocenters. The van der Waals surface area contributed by atoms with Gasteiger partial charge in [0, 0.05) is 6.54 Å². The first kappa shape index (κ1) is 12.6. The van der Waals surface area contributed by atoms with Crippen molar-refractivity contribution in [2.45, 2.75) is 13.2 Å². The molecule has 1 heterocycles. The molecule has 0 aliphatic rings. The Morgan fingerprint density at radius 2 is 1.75 bits per heavy atom. The normalized spacial score (nSPS) is 11.4. The highest BCUT2D eigenvalue weighted by Gasteiger charge is 2.07. The van der Waals surface area contributed by atoms with E-state index in [-0.39, 0.29) is 6.61 Å². The van der Waals surface area contributed by atoms with E-state index in [1.165, 1.54) is 5.56 Å². The van der Waals surface area contributed by atoms with Gasteiger partial charge in [0.1, 0.15) is 12.4 Å². The maximum Gasteiger partial charge on any atom is 0.135 e. The highest BCUT2D eigenvalue weighted by molar-refractivity contribution is 5.76. The van der Waals surface area contributed by atoms with Crippen molar-refractivity contribution in [3.8, 4) is 0 Å². The minimum Gasteiger partial charge on any atom is -0.388 e. The smallest absolute Gasteiger partial charge is 0.135 e. The molecule has 0 saturated carbocycles. The maximum absolute atomic E-state index is 9.43. The van der Waals surface area contributed by atoms with Crippen LogP contribution in [-0.2, 0) is 13.2 Å². The molecule has 3 heteroatoms. The number of aromatic nitrogens is 2. The number of aliphatic hydroxyl groups excluding tert-OH is 1. The molecule has 3 nitrogen and oxygen atoms in total. The third-order valence-corrected chi connectivity index (χ3v) is 3.27. The molecule has 0 atom stereocenters. The molecule has 20 heavy (non-hydrogen) atoms. The average Bonchev–Trinajstić information content (AvgIpc) is 2.87. The third kappa shape index (κ3) is 2.49. The van der Waals surface area contributed by atoms with Crippen LogP contribution in [0.1, 0.15) is 11.4 Å². The van der Waals surface area contributed by atoms with E-state index in [4.69, 9.17) is 0 Å². The molecule has 0 aliphatic carbocycles. The van der Waals surface area contributed by atoms with Gasteiger partial charge in [0.15, 0.2) is 0 Å². The summed E-state index contributed by atoms with van der Waals surface area (Å²) in [5, 5.41) is 9.43. The second-order valence-corrected chi connectivity index (χ2v) is 4.60. The molecule has 3 aromatic rings. The number of hydrogen-bond acceptors (Lipinski definition) is 2. The van der Waals surface area contributed by atoms with Gasteiger partial charge in [0.2, 0.25) is 0 Å². The van der Waals surface area contributed by atoms with Gasteiger partial charge in [-0.2, -0.15) is 0 Å². The minimum absolute atomic E-state index is 0.0478. The quantitative estimate of drug-likeness (QED) is 0.785. The van der Waals surface area contributed by atoms with Gasteiger partial charge in [0.25, 0.3) is 0 Å². The van der Waals surface area contributed by atoms with Crippen LogP contribution in [0.2, 0.25) is 0 Å². The monoisotopic (exact) mass is 264 g/mol. The summed E-state index contributed by atoms with van der Waals surface area (Å²) in [7, 11) is 0. The maximum atomic E-state index is 9.43. The number of allylic oxidation sites excluding steroid dienone is 1. The second kappa shape index (κ2) is 5.72. The molecule has 100 valence electrons. The van der Waals surface area contributed by atoms with Crippen molar-refractivity contribution in [2.24, 2.45) is 0 Å². The number of benzene rings is 2. The van der Waals surface area contributed by atoms with E-state index < -0.39 is 0 Å². The topological polar surface area (TPSA) is 38.1 Å². The van der Waals surface area contributed by atoms with Gasteiger partial charge in [-0.3, -0.25) is 0 Å². The van der Waals surface area contributed by atoms with Crippen LogP contribution in [0.4, 0.5) is 0 Å². The van der Waals surface area contributed by atoms with Crippen molar-refractivity contribution in [3.63, 3.8) is 0 Å². The highest BCUT2D eigenvalue weighted by Crippen LogP contribution is 2.16. The summed E-state index contributed by atoms with van der Waals surface area (Å²) in [5.41, 5.74) is 3.14. The zero-order valence-electron chi connectivity index (χ0n) is 11.1. The van der Waals surface area contributed by atoms with Crippen LogP contribution in [0, 0.1) is 0 Å². The fourth-order valence-corrected chi connectivity index (χ4v) is 2.31. The van der Waals surface area contributed by atoms with Gasteiger partial charge in [-0.1, -0.05) is 54.6 Å². The lowest BCUT2D eigenvalue weighted by Crippen LogP contribution is -2.01. The van der Waals surface area contributed by atoms with Crippen LogP contribution in [0.5, 0.6) is 0 Å². The molecule has 0 spiro atoms. The van der Waals surface area contributed by atoms with Gasteiger partial charge in [-0.05, 0) is 17.7 Å². The molecule has 0 aliphatic heterocycles. The van der Waals surface area contributed by atoms with E-state index in [0.29, 0.717) is 12.4 Å². The number of hydrogen-bond donors (Lipinski definition) is 1. The molecule has 1 aromatic heterocycles. The summed E-state index contributed by atoms with van der Waals surface area (Å²) >= 11 is 0. The highest BCUT2D eigenvalue weighted by atomic mass is 16.3. The van der Waals surface area contributed by atoms with E-state index in [1.54, 1.807) is 0 Å². The molecule has 0 amide bonds. The van der Waals surface area contributed by atoms with E-state index in [0.717, 1.165) is 11.0 Å². The minimum atomic E-state index is -0.0478. The summed E-state index contributed by atoms with van der Waals surface area (Å²) in [6.07, 6.45) is 4.17. The molecular formula is C17H16N2O. The molecule has 0 bridgehead atoms. The molecule has 1 N–H and O–H groups in total. The van der Waals surface area contributed by atoms with Crippen LogP contribution in [0.3, 0.4) is 0 Å². The van der Waals surface area contributed by atoms with E-state index >= 15 is 0 Å². The van der Waals surface area contributed by atoms with Crippen molar-refractivity contribution in [1.82, 2.24) is 9.55 Å². The van der Waals surface area contributed by atoms with E-state index in [9.17, 15) is 5.11 Å². The number of aliphatic hydroxyl groups is 1. The zero-order chi connectivity index (χ0) is 13.8. The Morgan fingerprint density at radius 1 is 1.00 bits per heavy atom. The number of imidazole rings is 1. The van der Waals surface area contributed by atoms with Crippen molar-refractivity contribution in [2.75, 3.05) is 0 Å². The van der Waals surface area contributed by atoms with Gasteiger partial charge in [-0.15, -0.1) is 0 Å². The molecule has 0 saturated heterocycles. The molecule has 3 rings (SSSR count). The van der Waals surface area contributed by atoms with Crippen molar-refractivity contribution >= 4 is 17.1 Å². The fraction of sp³-hybridized carbons (Fsp3) is 0.118. The van der Waals surface area contributed by atoms with E-state index in [2.05, 4.69) is 29.3 Å². The van der Waals surface area contributed by atoms with E-state index in [1.807, 2.05) is 47.0 Å². The first-order valence-corrected chi connectivity index (χ1v) is 6.65. The Morgan fingerprint density at radius 3 is 2.55 bits per heavy atom. The van der Waals surface area contributed by atoms with Crippen molar-refractivity contribution in [3.05, 3.63) is 72.1 Å². The number of rotatable bonds is 4. The Labute approximate surface area is 117 Å². The van der Waals surface area contributed by atoms with Crippen LogP contribution in [0.15, 0.2) is 60.7 Å². The Bertz CT molecular complexity index is 729. The summed E-state index contributed by atoms with van der Waals surface area (Å²) in [6.45, 7) is 0.652. The first-order valence-electron chi connectivity index (χ1n) is 6.65. The predicted octanol–water partition coefficient (Wildman–Crippen LogP) is 3.24. The van der Waals surface area contributed by atoms with Crippen LogP contribution >= 0.6 is 0 Å². The molecule has 0 radical (unpaired) electrons. The molecule has 2 aromatic carbocycles. The number of nitrogens with zero attached hydrogens (tertiary/aromatic N) is 2. The third-order valence-electron chi connectivity index (χ3n) is 3.27. The Balaban J connectivity index is 1.89. The average molecular weight is 264 g/mol. The van der Waals surface area contributed by atoms with Crippen molar-refractivity contribution < 1.29 is 5.11 Å². The lowest BCUT2D eigenvalue weighted by Gasteiger charge is -2.04. The largest absolute Gasteiger partial charge is 0.388 e. The van der Waals surface area contributed by atoms with Gasteiger partial charge in [0.05, 0.1) is 11.0 Å². The zero-order valence-corrected chi connectivity index (χ0v) is 11.1.